The van der Waals surface area contributed by atoms with E-state index >= 15 is 0 Å². The number of nitrogens with one attached hydrogen (secondary N) is 1. The van der Waals surface area contributed by atoms with Crippen molar-refractivity contribution < 1.29 is 18.0 Å². The summed E-state index contributed by atoms with van der Waals surface area (Å²) in [6, 6.07) is 4.99. The number of halogens is 3. The third-order valence-corrected chi connectivity index (χ3v) is 6.43. The maximum absolute atomic E-state index is 13.8. The highest BCUT2D eigenvalue weighted by Gasteiger charge is 2.51. The van der Waals surface area contributed by atoms with Gasteiger partial charge in [0.25, 0.3) is 5.91 Å². The molecule has 2 heterocycles. The molecule has 0 radical (unpaired) electrons. The number of carbonyl (C=O) groups excluding carboxylic acids is 1. The van der Waals surface area contributed by atoms with Crippen LogP contribution in [0.1, 0.15) is 44.8 Å². The van der Waals surface area contributed by atoms with E-state index in [4.69, 9.17) is 0 Å². The summed E-state index contributed by atoms with van der Waals surface area (Å²) in [5.41, 5.74) is 3.47. The van der Waals surface area contributed by atoms with Crippen LogP contribution in [0.25, 0.3) is 0 Å². The van der Waals surface area contributed by atoms with Crippen LogP contribution in [-0.4, -0.2) is 18.2 Å². The van der Waals surface area contributed by atoms with Crippen molar-refractivity contribution in [2.45, 2.75) is 51.9 Å². The van der Waals surface area contributed by atoms with Gasteiger partial charge >= 0.3 is 6.18 Å². The van der Waals surface area contributed by atoms with Gasteiger partial charge in [0.1, 0.15) is 5.00 Å². The van der Waals surface area contributed by atoms with E-state index in [-0.39, 0.29) is 5.69 Å². The van der Waals surface area contributed by atoms with Gasteiger partial charge in [-0.2, -0.15) is 13.2 Å². The maximum atomic E-state index is 13.8. The quantitative estimate of drug-likeness (QED) is 0.737. The summed E-state index contributed by atoms with van der Waals surface area (Å²) < 4.78 is 41.3. The van der Waals surface area contributed by atoms with Crippen LogP contribution in [0, 0.1) is 13.8 Å². The first kappa shape index (κ1) is 17.4. The highest BCUT2D eigenvalue weighted by atomic mass is 32.1. The second-order valence-corrected chi connectivity index (χ2v) is 8.05. The Kier molecular flexibility index (Phi) is 4.02. The zero-order valence-corrected chi connectivity index (χ0v) is 15.4. The summed E-state index contributed by atoms with van der Waals surface area (Å²) in [5.74, 6) is -0.552. The molecule has 1 amide bonds. The minimum atomic E-state index is -4.57. The molecule has 0 saturated heterocycles. The van der Waals surface area contributed by atoms with Gasteiger partial charge in [-0.25, -0.2) is 0 Å². The van der Waals surface area contributed by atoms with Crippen LogP contribution in [0.2, 0.25) is 0 Å². The number of aryl methyl sites for hydroxylation is 3. The monoisotopic (exact) mass is 380 g/mol. The Morgan fingerprint density at radius 2 is 1.88 bits per heavy atom. The Hall–Kier alpha value is -2.02. The Bertz CT molecular complexity index is 888. The number of benzene rings is 1. The SMILES string of the molecule is Cc1ccc(N2C(=O)c3c(sc4c3CCCC4)NC2C(F)(F)F)cc1C. The van der Waals surface area contributed by atoms with Gasteiger partial charge in [0.2, 0.25) is 6.17 Å². The molecule has 138 valence electrons. The van der Waals surface area contributed by atoms with Crippen molar-refractivity contribution in [3.8, 4) is 0 Å². The molecule has 0 spiro atoms. The molecule has 1 unspecified atom stereocenters. The lowest BCUT2D eigenvalue weighted by Crippen LogP contribution is -2.56. The van der Waals surface area contributed by atoms with Gasteiger partial charge in [-0.3, -0.25) is 9.69 Å². The van der Waals surface area contributed by atoms with Crippen LogP contribution in [-0.2, 0) is 12.8 Å². The lowest BCUT2D eigenvalue weighted by Gasteiger charge is -2.38. The number of carbonyl (C=O) groups is 1. The molecule has 4 rings (SSSR count). The second-order valence-electron chi connectivity index (χ2n) is 6.95. The molecule has 0 bridgehead atoms. The lowest BCUT2D eigenvalue weighted by molar-refractivity contribution is -0.141. The normalized spacial score (nSPS) is 19.8. The standard InChI is InChI=1S/C19H19F3N2OS/c1-10-7-8-12(9-11(10)2)24-17(25)15-13-5-3-4-6-14(13)26-16(15)23-18(24)19(20,21)22/h7-9,18,23H,3-6H2,1-2H3. The van der Waals surface area contributed by atoms with E-state index in [1.165, 1.54) is 11.3 Å². The number of hydrogen-bond acceptors (Lipinski definition) is 3. The molecule has 0 saturated carbocycles. The minimum absolute atomic E-state index is 0.273. The van der Waals surface area contributed by atoms with Crippen molar-refractivity contribution in [2.24, 2.45) is 0 Å². The smallest absolute Gasteiger partial charge is 0.348 e. The van der Waals surface area contributed by atoms with Gasteiger partial charge in [-0.15, -0.1) is 11.3 Å². The van der Waals surface area contributed by atoms with Gasteiger partial charge in [0, 0.05) is 10.6 Å². The van der Waals surface area contributed by atoms with Gasteiger partial charge < -0.3 is 5.32 Å². The number of thiophene rings is 1. The molecule has 0 fully saturated rings. The first-order chi connectivity index (χ1) is 12.3. The molecular weight excluding hydrogens is 361 g/mol. The van der Waals surface area contributed by atoms with E-state index in [0.717, 1.165) is 52.2 Å². The Labute approximate surface area is 153 Å². The highest BCUT2D eigenvalue weighted by Crippen LogP contribution is 2.45. The molecule has 2 aliphatic rings. The minimum Gasteiger partial charge on any atom is -0.348 e. The molecule has 1 aliphatic carbocycles. The highest BCUT2D eigenvalue weighted by molar-refractivity contribution is 7.16. The van der Waals surface area contributed by atoms with Crippen LogP contribution in [0.5, 0.6) is 0 Å². The van der Waals surface area contributed by atoms with E-state index in [0.29, 0.717) is 10.6 Å². The summed E-state index contributed by atoms with van der Waals surface area (Å²) in [5, 5.41) is 2.97. The van der Waals surface area contributed by atoms with Gasteiger partial charge in [0.15, 0.2) is 0 Å². The molecule has 1 aromatic carbocycles. The second kappa shape index (κ2) is 6.01. The van der Waals surface area contributed by atoms with Crippen molar-refractivity contribution in [1.82, 2.24) is 0 Å². The molecule has 2 aromatic rings. The van der Waals surface area contributed by atoms with Crippen LogP contribution >= 0.6 is 11.3 Å². The van der Waals surface area contributed by atoms with E-state index < -0.39 is 18.2 Å². The number of anilines is 2. The zero-order valence-electron chi connectivity index (χ0n) is 14.5. The van der Waals surface area contributed by atoms with Gasteiger partial charge in [0.05, 0.1) is 5.56 Å². The van der Waals surface area contributed by atoms with Crippen molar-refractivity contribution in [2.75, 3.05) is 10.2 Å². The van der Waals surface area contributed by atoms with E-state index in [1.807, 2.05) is 13.8 Å². The number of amides is 1. The Morgan fingerprint density at radius 3 is 2.58 bits per heavy atom. The van der Waals surface area contributed by atoms with E-state index in [2.05, 4.69) is 5.32 Å². The molecule has 1 N–H and O–H groups in total. The largest absolute Gasteiger partial charge is 0.427 e. The predicted octanol–water partition coefficient (Wildman–Crippen LogP) is 5.20. The third kappa shape index (κ3) is 2.69. The number of nitrogens with zero attached hydrogens (tertiary/aromatic N) is 1. The fourth-order valence-electron chi connectivity index (χ4n) is 3.69. The summed E-state index contributed by atoms with van der Waals surface area (Å²) in [6.45, 7) is 3.73. The Balaban J connectivity index is 1.86. The molecule has 1 aliphatic heterocycles. The van der Waals surface area contributed by atoms with Crippen molar-refractivity contribution in [3.05, 3.63) is 45.3 Å². The summed E-state index contributed by atoms with van der Waals surface area (Å²) in [4.78, 5) is 15.1. The predicted molar refractivity (Wildman–Crippen MR) is 97.2 cm³/mol. The fourth-order valence-corrected chi connectivity index (χ4v) is 4.99. The lowest BCUT2D eigenvalue weighted by atomic mass is 9.94. The molecule has 26 heavy (non-hydrogen) atoms. The van der Waals surface area contributed by atoms with Gasteiger partial charge in [-0.1, -0.05) is 6.07 Å². The van der Waals surface area contributed by atoms with Crippen LogP contribution < -0.4 is 10.2 Å². The number of fused-ring (bicyclic) bond motifs is 3. The summed E-state index contributed by atoms with van der Waals surface area (Å²) >= 11 is 1.31. The third-order valence-electron chi connectivity index (χ3n) is 5.21. The summed E-state index contributed by atoms with van der Waals surface area (Å²) in [6.07, 6.45) is -3.05. The number of hydrogen-bond donors (Lipinski definition) is 1. The first-order valence-electron chi connectivity index (χ1n) is 8.66. The Morgan fingerprint density at radius 1 is 1.15 bits per heavy atom. The van der Waals surface area contributed by atoms with Crippen molar-refractivity contribution in [1.29, 1.82) is 0 Å². The molecule has 1 atom stereocenters. The van der Waals surface area contributed by atoms with E-state index in [1.54, 1.807) is 18.2 Å². The topological polar surface area (TPSA) is 32.3 Å². The summed E-state index contributed by atoms with van der Waals surface area (Å²) in [7, 11) is 0. The zero-order chi connectivity index (χ0) is 18.6. The maximum Gasteiger partial charge on any atom is 0.427 e. The fraction of sp³-hybridized carbons (Fsp3) is 0.421. The van der Waals surface area contributed by atoms with Crippen LogP contribution in [0.15, 0.2) is 18.2 Å². The van der Waals surface area contributed by atoms with Gasteiger partial charge in [-0.05, 0) is 68.4 Å². The van der Waals surface area contributed by atoms with Crippen molar-refractivity contribution in [3.63, 3.8) is 0 Å². The first-order valence-corrected chi connectivity index (χ1v) is 9.47. The van der Waals surface area contributed by atoms with Crippen LogP contribution in [0.4, 0.5) is 23.9 Å². The van der Waals surface area contributed by atoms with E-state index in [9.17, 15) is 18.0 Å². The molecule has 1 aromatic heterocycles. The van der Waals surface area contributed by atoms with Crippen molar-refractivity contribution >= 4 is 27.9 Å². The molecular formula is C19H19F3N2OS. The number of rotatable bonds is 1. The average Bonchev–Trinajstić information content (AvgIpc) is 2.95. The molecule has 7 heteroatoms. The van der Waals surface area contributed by atoms with Crippen LogP contribution in [0.3, 0.4) is 0 Å². The average molecular weight is 380 g/mol. The number of alkyl halides is 3. The molecule has 3 nitrogen and oxygen atoms in total.